The first-order valence-electron chi connectivity index (χ1n) is 8.44. The van der Waals surface area contributed by atoms with Crippen LogP contribution in [0.5, 0.6) is 0 Å². The summed E-state index contributed by atoms with van der Waals surface area (Å²) >= 11 is 11.1. The summed E-state index contributed by atoms with van der Waals surface area (Å²) in [6.45, 7) is 6.90. The molecule has 0 unspecified atom stereocenters. The van der Waals surface area contributed by atoms with Gasteiger partial charge in [0.05, 0.1) is 10.4 Å². The minimum Gasteiger partial charge on any atom is -0.350 e. The number of rotatable bonds is 4. The molecular weight excluding hydrogens is 425 g/mol. The van der Waals surface area contributed by atoms with Crippen LogP contribution >= 0.6 is 39.3 Å². The number of thioether (sulfide) groups is 1. The summed E-state index contributed by atoms with van der Waals surface area (Å²) in [5.74, 6) is 1.08. The second kappa shape index (κ2) is 8.23. The van der Waals surface area contributed by atoms with Gasteiger partial charge in [0, 0.05) is 17.1 Å². The first kappa shape index (κ1) is 18.9. The fourth-order valence-electron chi connectivity index (χ4n) is 3.21. The molecule has 7 heteroatoms. The van der Waals surface area contributed by atoms with Gasteiger partial charge in [0.2, 0.25) is 0 Å². The first-order valence-corrected chi connectivity index (χ1v) is 10.6. The van der Waals surface area contributed by atoms with Crippen LogP contribution in [0.25, 0.3) is 10.9 Å². The molecule has 3 nitrogen and oxygen atoms in total. The second-order valence-corrected chi connectivity index (χ2v) is 8.48. The summed E-state index contributed by atoms with van der Waals surface area (Å²) in [6, 6.07) is 1.77. The summed E-state index contributed by atoms with van der Waals surface area (Å²) < 4.78 is 15.4. The molecule has 0 bridgehead atoms. The third-order valence-corrected chi connectivity index (χ3v) is 6.03. The first-order chi connectivity index (χ1) is 12.1. The molecule has 0 amide bonds. The highest BCUT2D eigenvalue weighted by atomic mass is 79.9. The second-order valence-electron chi connectivity index (χ2n) is 5.99. The third kappa shape index (κ3) is 3.81. The summed E-state index contributed by atoms with van der Waals surface area (Å²) in [7, 11) is 0. The average Bonchev–Trinajstić information content (AvgIpc) is 2.84. The summed E-state index contributed by atoms with van der Waals surface area (Å²) in [6.07, 6.45) is 6.42. The Morgan fingerprint density at radius 1 is 1.44 bits per heavy atom. The van der Waals surface area contributed by atoms with E-state index < -0.39 is 5.82 Å². The average molecular weight is 445 g/mol. The van der Waals surface area contributed by atoms with Crippen molar-refractivity contribution in [1.82, 2.24) is 9.97 Å². The Balaban J connectivity index is 2.27. The van der Waals surface area contributed by atoms with E-state index >= 15 is 0 Å². The Morgan fingerprint density at radius 2 is 2.24 bits per heavy atom. The standard InChI is InChI=1S/C18H20BrClFN3S/c1-3-11-8-6-5-7-9-24(11)17-14-12(19)10-13(20)15(21)16(14)22-18(23-17)25-4-2/h3,10-11H,1,4-9H2,2H3/t11-/m1/s1. The SMILES string of the molecule is C=C[C@@H]1CCCCCN1c1nc(SCC)nc2c(F)c(Cl)cc(Br)c12. The van der Waals surface area contributed by atoms with Gasteiger partial charge in [-0.15, -0.1) is 6.58 Å². The van der Waals surface area contributed by atoms with Gasteiger partial charge in [-0.2, -0.15) is 0 Å². The van der Waals surface area contributed by atoms with Gasteiger partial charge >= 0.3 is 0 Å². The van der Waals surface area contributed by atoms with Gasteiger partial charge in [0.1, 0.15) is 11.3 Å². The van der Waals surface area contributed by atoms with E-state index in [1.165, 1.54) is 18.2 Å². The lowest BCUT2D eigenvalue weighted by molar-refractivity contribution is 0.633. The van der Waals surface area contributed by atoms with Gasteiger partial charge in [-0.05, 0) is 40.6 Å². The number of hydrogen-bond acceptors (Lipinski definition) is 4. The van der Waals surface area contributed by atoms with Crippen LogP contribution in [-0.4, -0.2) is 28.3 Å². The molecule has 1 aliphatic rings. The van der Waals surface area contributed by atoms with E-state index in [4.69, 9.17) is 16.6 Å². The van der Waals surface area contributed by atoms with Crippen molar-refractivity contribution in [2.45, 2.75) is 43.8 Å². The molecule has 0 N–H and O–H groups in total. The number of nitrogens with zero attached hydrogens (tertiary/aromatic N) is 3. The molecular formula is C18H20BrClFN3S. The monoisotopic (exact) mass is 443 g/mol. The number of halogens is 3. The number of aromatic nitrogens is 2. The Morgan fingerprint density at radius 3 is 2.96 bits per heavy atom. The molecule has 0 saturated carbocycles. The molecule has 1 aliphatic heterocycles. The molecule has 1 saturated heterocycles. The topological polar surface area (TPSA) is 29.0 Å². The van der Waals surface area contributed by atoms with Crippen molar-refractivity contribution in [2.24, 2.45) is 0 Å². The summed E-state index contributed by atoms with van der Waals surface area (Å²) in [5.41, 5.74) is 0.271. The lowest BCUT2D eigenvalue weighted by Gasteiger charge is -2.30. The molecule has 0 radical (unpaired) electrons. The summed E-state index contributed by atoms with van der Waals surface area (Å²) in [5, 5.41) is 1.31. The Hall–Kier alpha value is -0.850. The summed E-state index contributed by atoms with van der Waals surface area (Å²) in [4.78, 5) is 11.4. The fourth-order valence-corrected chi connectivity index (χ4v) is 4.70. The highest BCUT2D eigenvalue weighted by Crippen LogP contribution is 2.38. The van der Waals surface area contributed by atoms with E-state index in [0.717, 1.165) is 37.4 Å². The number of benzene rings is 1. The molecule has 0 aliphatic carbocycles. The van der Waals surface area contributed by atoms with Gasteiger partial charge in [0.15, 0.2) is 11.0 Å². The van der Waals surface area contributed by atoms with Crippen molar-refractivity contribution in [2.75, 3.05) is 17.2 Å². The van der Waals surface area contributed by atoms with Crippen molar-refractivity contribution in [3.05, 3.63) is 34.0 Å². The zero-order valence-corrected chi connectivity index (χ0v) is 17.2. The van der Waals surface area contributed by atoms with Crippen molar-refractivity contribution in [3.63, 3.8) is 0 Å². The molecule has 25 heavy (non-hydrogen) atoms. The van der Waals surface area contributed by atoms with Crippen LogP contribution in [0.1, 0.15) is 32.6 Å². The van der Waals surface area contributed by atoms with Crippen LogP contribution in [0.3, 0.4) is 0 Å². The van der Waals surface area contributed by atoms with Crippen LogP contribution in [0, 0.1) is 5.82 Å². The van der Waals surface area contributed by atoms with Crippen molar-refractivity contribution in [1.29, 1.82) is 0 Å². The number of hydrogen-bond donors (Lipinski definition) is 0. The van der Waals surface area contributed by atoms with Crippen LogP contribution in [-0.2, 0) is 0 Å². The highest BCUT2D eigenvalue weighted by molar-refractivity contribution is 9.10. The molecule has 1 fully saturated rings. The maximum absolute atomic E-state index is 14.7. The minimum absolute atomic E-state index is 0.0626. The molecule has 3 rings (SSSR count). The lowest BCUT2D eigenvalue weighted by atomic mass is 10.1. The van der Waals surface area contributed by atoms with Gasteiger partial charge < -0.3 is 4.90 Å². The maximum Gasteiger partial charge on any atom is 0.190 e. The zero-order valence-electron chi connectivity index (χ0n) is 14.1. The van der Waals surface area contributed by atoms with Gasteiger partial charge in [-0.25, -0.2) is 14.4 Å². The Bertz CT molecular complexity index is 802. The zero-order chi connectivity index (χ0) is 18.0. The molecule has 2 heterocycles. The largest absolute Gasteiger partial charge is 0.350 e. The van der Waals surface area contributed by atoms with Gasteiger partial charge in [0.25, 0.3) is 0 Å². The molecule has 1 aromatic heterocycles. The normalized spacial score (nSPS) is 18.4. The molecule has 134 valence electrons. The van der Waals surface area contributed by atoms with Crippen LogP contribution < -0.4 is 4.90 Å². The fraction of sp³-hybridized carbons (Fsp3) is 0.444. The van der Waals surface area contributed by atoms with E-state index in [0.29, 0.717) is 15.0 Å². The predicted molar refractivity (Wildman–Crippen MR) is 108 cm³/mol. The Labute approximate surface area is 165 Å². The molecule has 0 spiro atoms. The number of anilines is 1. The van der Waals surface area contributed by atoms with Gasteiger partial charge in [-0.3, -0.25) is 0 Å². The van der Waals surface area contributed by atoms with E-state index in [-0.39, 0.29) is 16.6 Å². The Kier molecular flexibility index (Phi) is 6.23. The smallest absolute Gasteiger partial charge is 0.190 e. The predicted octanol–water partition coefficient (Wildman–Crippen LogP) is 6.23. The van der Waals surface area contributed by atoms with Crippen LogP contribution in [0.2, 0.25) is 5.02 Å². The van der Waals surface area contributed by atoms with E-state index in [1.807, 2.05) is 13.0 Å². The minimum atomic E-state index is -0.494. The molecule has 2 aromatic rings. The van der Waals surface area contributed by atoms with Crippen LogP contribution in [0.4, 0.5) is 10.2 Å². The number of fused-ring (bicyclic) bond motifs is 1. The van der Waals surface area contributed by atoms with Crippen molar-refractivity contribution < 1.29 is 4.39 Å². The van der Waals surface area contributed by atoms with E-state index in [2.05, 4.69) is 32.4 Å². The maximum atomic E-state index is 14.7. The third-order valence-electron chi connectivity index (χ3n) is 4.40. The van der Waals surface area contributed by atoms with E-state index in [1.54, 1.807) is 6.07 Å². The van der Waals surface area contributed by atoms with Gasteiger partial charge in [-0.1, -0.05) is 49.2 Å². The quantitative estimate of drug-likeness (QED) is 0.242. The molecule has 1 atom stereocenters. The lowest BCUT2D eigenvalue weighted by Crippen LogP contribution is -2.34. The van der Waals surface area contributed by atoms with Crippen molar-refractivity contribution in [3.8, 4) is 0 Å². The van der Waals surface area contributed by atoms with Crippen molar-refractivity contribution >= 4 is 56.0 Å². The van der Waals surface area contributed by atoms with Crippen LogP contribution in [0.15, 0.2) is 28.4 Å². The molecule has 1 aromatic carbocycles. The highest BCUT2D eigenvalue weighted by Gasteiger charge is 2.25. The van der Waals surface area contributed by atoms with E-state index in [9.17, 15) is 4.39 Å².